The molecule has 0 aliphatic rings. The maximum atomic E-state index is 12.8. The van der Waals surface area contributed by atoms with E-state index in [4.69, 9.17) is 14.6 Å². The molecule has 0 saturated carbocycles. The topological polar surface area (TPSA) is 66.2 Å². The van der Waals surface area contributed by atoms with Crippen LogP contribution in [0.1, 0.15) is 15.9 Å². The minimum absolute atomic E-state index is 0.148. The molecule has 154 valence electrons. The van der Waals surface area contributed by atoms with Gasteiger partial charge in [0.1, 0.15) is 5.69 Å². The molecule has 2 aromatic carbocycles. The SMILES string of the molecule is COc1ccc(C(=O)/C=C/c2cn(-c3ccccc3)nc2-c2cccnc2)cc1OC. The number of hydrogen-bond acceptors (Lipinski definition) is 5. The van der Waals surface area contributed by atoms with E-state index in [1.165, 1.54) is 6.08 Å². The van der Waals surface area contributed by atoms with Gasteiger partial charge in [0.15, 0.2) is 17.3 Å². The molecule has 0 aliphatic carbocycles. The number of benzene rings is 2. The van der Waals surface area contributed by atoms with Gasteiger partial charge >= 0.3 is 0 Å². The Morgan fingerprint density at radius 1 is 0.968 bits per heavy atom. The lowest BCUT2D eigenvalue weighted by Gasteiger charge is -2.07. The van der Waals surface area contributed by atoms with Crippen molar-refractivity contribution in [3.8, 4) is 28.4 Å². The van der Waals surface area contributed by atoms with Crippen molar-refractivity contribution in [2.24, 2.45) is 0 Å². The van der Waals surface area contributed by atoms with Gasteiger partial charge in [0.25, 0.3) is 0 Å². The van der Waals surface area contributed by atoms with Crippen LogP contribution in [0.5, 0.6) is 11.5 Å². The molecule has 0 spiro atoms. The highest BCUT2D eigenvalue weighted by Gasteiger charge is 2.12. The van der Waals surface area contributed by atoms with Crippen molar-refractivity contribution in [2.75, 3.05) is 14.2 Å². The molecule has 2 heterocycles. The van der Waals surface area contributed by atoms with Gasteiger partial charge in [-0.2, -0.15) is 5.10 Å². The molecule has 31 heavy (non-hydrogen) atoms. The molecule has 0 radical (unpaired) electrons. The zero-order valence-corrected chi connectivity index (χ0v) is 17.2. The summed E-state index contributed by atoms with van der Waals surface area (Å²) in [4.78, 5) is 17.0. The van der Waals surface area contributed by atoms with Crippen molar-refractivity contribution in [3.63, 3.8) is 0 Å². The molecule has 6 heteroatoms. The van der Waals surface area contributed by atoms with E-state index in [9.17, 15) is 4.79 Å². The predicted octanol–water partition coefficient (Wildman–Crippen LogP) is 4.85. The van der Waals surface area contributed by atoms with Gasteiger partial charge in [0.2, 0.25) is 0 Å². The number of aromatic nitrogens is 3. The van der Waals surface area contributed by atoms with Crippen LogP contribution in [0.25, 0.3) is 23.0 Å². The molecule has 0 unspecified atom stereocenters. The van der Waals surface area contributed by atoms with E-state index in [1.54, 1.807) is 55.6 Å². The molecule has 0 fully saturated rings. The highest BCUT2D eigenvalue weighted by molar-refractivity contribution is 6.07. The molecule has 0 atom stereocenters. The van der Waals surface area contributed by atoms with Gasteiger partial charge < -0.3 is 9.47 Å². The number of ether oxygens (including phenoxy) is 2. The summed E-state index contributed by atoms with van der Waals surface area (Å²) in [6, 6.07) is 18.7. The Morgan fingerprint density at radius 3 is 2.48 bits per heavy atom. The first-order chi connectivity index (χ1) is 15.2. The third-order valence-corrected chi connectivity index (χ3v) is 4.78. The average Bonchev–Trinajstić information content (AvgIpc) is 3.27. The second-order valence-electron chi connectivity index (χ2n) is 6.72. The lowest BCUT2D eigenvalue weighted by atomic mass is 10.1. The van der Waals surface area contributed by atoms with E-state index >= 15 is 0 Å². The van der Waals surface area contributed by atoms with Crippen LogP contribution < -0.4 is 9.47 Å². The van der Waals surface area contributed by atoms with Crippen LogP contribution in [0, 0.1) is 0 Å². The molecular formula is C25H21N3O3. The third kappa shape index (κ3) is 4.38. The first kappa shape index (κ1) is 20.1. The first-order valence-corrected chi connectivity index (χ1v) is 9.69. The van der Waals surface area contributed by atoms with Crippen LogP contribution in [0.4, 0.5) is 0 Å². The second-order valence-corrected chi connectivity index (χ2v) is 6.72. The van der Waals surface area contributed by atoms with Crippen LogP contribution in [0.2, 0.25) is 0 Å². The minimum atomic E-state index is -0.148. The number of rotatable bonds is 7. The number of hydrogen-bond donors (Lipinski definition) is 0. The fraction of sp³-hybridized carbons (Fsp3) is 0.0800. The summed E-state index contributed by atoms with van der Waals surface area (Å²) in [5, 5.41) is 4.73. The Morgan fingerprint density at radius 2 is 1.77 bits per heavy atom. The molecule has 0 N–H and O–H groups in total. The summed E-state index contributed by atoms with van der Waals surface area (Å²) in [5.74, 6) is 0.936. The Labute approximate surface area is 180 Å². The second kappa shape index (κ2) is 9.09. The molecule has 2 aromatic heterocycles. The number of allylic oxidation sites excluding steroid dienone is 1. The van der Waals surface area contributed by atoms with Gasteiger partial charge in [-0.25, -0.2) is 4.68 Å². The third-order valence-electron chi connectivity index (χ3n) is 4.78. The van der Waals surface area contributed by atoms with E-state index in [2.05, 4.69) is 4.98 Å². The van der Waals surface area contributed by atoms with Crippen molar-refractivity contribution in [2.45, 2.75) is 0 Å². The van der Waals surface area contributed by atoms with Crippen molar-refractivity contribution in [1.29, 1.82) is 0 Å². The summed E-state index contributed by atoms with van der Waals surface area (Å²) in [6.07, 6.45) is 8.68. The molecule has 6 nitrogen and oxygen atoms in total. The Kier molecular flexibility index (Phi) is 5.89. The number of pyridine rings is 1. The van der Waals surface area contributed by atoms with E-state index in [0.29, 0.717) is 17.1 Å². The predicted molar refractivity (Wildman–Crippen MR) is 120 cm³/mol. The van der Waals surface area contributed by atoms with E-state index in [-0.39, 0.29) is 5.78 Å². The summed E-state index contributed by atoms with van der Waals surface area (Å²) < 4.78 is 12.3. The number of nitrogens with zero attached hydrogens (tertiary/aromatic N) is 3. The molecule has 0 bridgehead atoms. The number of carbonyl (C=O) groups excluding carboxylic acids is 1. The molecule has 0 amide bonds. The van der Waals surface area contributed by atoms with Gasteiger partial charge in [0.05, 0.1) is 19.9 Å². The molecular weight excluding hydrogens is 390 g/mol. The normalized spacial score (nSPS) is 10.9. The van der Waals surface area contributed by atoms with Gasteiger partial charge in [-0.05, 0) is 54.6 Å². The van der Waals surface area contributed by atoms with Crippen LogP contribution >= 0.6 is 0 Å². The lowest BCUT2D eigenvalue weighted by molar-refractivity contribution is 0.104. The fourth-order valence-electron chi connectivity index (χ4n) is 3.20. The number of ketones is 1. The molecule has 0 saturated heterocycles. The van der Waals surface area contributed by atoms with Gasteiger partial charge in [-0.3, -0.25) is 9.78 Å². The Balaban J connectivity index is 1.69. The van der Waals surface area contributed by atoms with Crippen LogP contribution in [-0.2, 0) is 0 Å². The zero-order chi connectivity index (χ0) is 21.6. The summed E-state index contributed by atoms with van der Waals surface area (Å²) in [7, 11) is 3.10. The van der Waals surface area contributed by atoms with Crippen LogP contribution in [0.3, 0.4) is 0 Å². The maximum absolute atomic E-state index is 12.8. The maximum Gasteiger partial charge on any atom is 0.185 e. The quantitative estimate of drug-likeness (QED) is 0.321. The fourth-order valence-corrected chi connectivity index (χ4v) is 3.20. The van der Waals surface area contributed by atoms with E-state index in [1.807, 2.05) is 48.7 Å². The highest BCUT2D eigenvalue weighted by atomic mass is 16.5. The monoisotopic (exact) mass is 411 g/mol. The van der Waals surface area contributed by atoms with Crippen molar-refractivity contribution in [1.82, 2.24) is 14.8 Å². The van der Waals surface area contributed by atoms with Crippen molar-refractivity contribution in [3.05, 3.63) is 96.5 Å². The van der Waals surface area contributed by atoms with Crippen molar-refractivity contribution >= 4 is 11.9 Å². The van der Waals surface area contributed by atoms with Crippen molar-refractivity contribution < 1.29 is 14.3 Å². The average molecular weight is 411 g/mol. The highest BCUT2D eigenvalue weighted by Crippen LogP contribution is 2.28. The van der Waals surface area contributed by atoms with Crippen LogP contribution in [0.15, 0.2) is 85.3 Å². The Hall–Kier alpha value is -4.19. The first-order valence-electron chi connectivity index (χ1n) is 9.69. The lowest BCUT2D eigenvalue weighted by Crippen LogP contribution is -1.97. The number of carbonyl (C=O) groups is 1. The summed E-state index contributed by atoms with van der Waals surface area (Å²) in [5.41, 5.74) is 3.86. The number of para-hydroxylation sites is 1. The molecule has 4 aromatic rings. The van der Waals surface area contributed by atoms with Gasteiger partial charge in [-0.1, -0.05) is 18.2 Å². The van der Waals surface area contributed by atoms with Gasteiger partial charge in [0, 0.05) is 35.3 Å². The van der Waals surface area contributed by atoms with Gasteiger partial charge in [-0.15, -0.1) is 0 Å². The summed E-state index contributed by atoms with van der Waals surface area (Å²) in [6.45, 7) is 0. The molecule has 4 rings (SSSR count). The van der Waals surface area contributed by atoms with E-state index in [0.717, 1.165) is 22.5 Å². The standard InChI is InChI=1S/C25H21N3O3/c1-30-23-13-11-18(15-24(23)31-2)22(29)12-10-20-17-28(21-8-4-3-5-9-21)27-25(20)19-7-6-14-26-16-19/h3-17H,1-2H3/b12-10+. The largest absolute Gasteiger partial charge is 0.493 e. The summed E-state index contributed by atoms with van der Waals surface area (Å²) >= 11 is 0. The van der Waals surface area contributed by atoms with Crippen LogP contribution in [-0.4, -0.2) is 34.8 Å². The minimum Gasteiger partial charge on any atom is -0.493 e. The molecule has 0 aliphatic heterocycles. The van der Waals surface area contributed by atoms with E-state index < -0.39 is 0 Å². The number of methoxy groups -OCH3 is 2. The smallest absolute Gasteiger partial charge is 0.185 e. The Bertz CT molecular complexity index is 1220. The zero-order valence-electron chi connectivity index (χ0n) is 17.2.